The van der Waals surface area contributed by atoms with E-state index in [-0.39, 0.29) is 29.7 Å². The van der Waals surface area contributed by atoms with Crippen molar-refractivity contribution in [3.05, 3.63) is 82.8 Å². The van der Waals surface area contributed by atoms with E-state index in [0.29, 0.717) is 40.5 Å². The van der Waals surface area contributed by atoms with Gasteiger partial charge in [0, 0.05) is 56.8 Å². The van der Waals surface area contributed by atoms with Crippen molar-refractivity contribution in [2.75, 3.05) is 31.1 Å². The minimum absolute atomic E-state index is 0.0443. The fourth-order valence-corrected chi connectivity index (χ4v) is 8.33. The maximum absolute atomic E-state index is 14.2. The third-order valence-corrected chi connectivity index (χ3v) is 11.3. The minimum atomic E-state index is -0.714. The van der Waals surface area contributed by atoms with Gasteiger partial charge in [-0.3, -0.25) is 28.8 Å². The number of hydrogen-bond donors (Lipinski definition) is 2. The van der Waals surface area contributed by atoms with E-state index in [1.165, 1.54) is 10.6 Å². The number of aromatic amines is 1. The Hall–Kier alpha value is -5.26. The number of fused-ring (bicyclic) bond motifs is 2. The van der Waals surface area contributed by atoms with Gasteiger partial charge in [-0.05, 0) is 98.7 Å². The predicted molar refractivity (Wildman–Crippen MR) is 193 cm³/mol. The topological polar surface area (TPSA) is 125 Å². The van der Waals surface area contributed by atoms with Gasteiger partial charge in [0.2, 0.25) is 11.8 Å². The lowest BCUT2D eigenvalue weighted by Gasteiger charge is -2.35. The molecule has 0 bridgehead atoms. The minimum Gasteiger partial charge on any atom is -0.357 e. The lowest BCUT2D eigenvalue weighted by atomic mass is 9.86. The predicted octanol–water partition coefficient (Wildman–Crippen LogP) is 5.55. The Labute approximate surface area is 294 Å². The Morgan fingerprint density at radius 3 is 2.47 bits per heavy atom. The highest BCUT2D eigenvalue weighted by Gasteiger charge is 2.32. The summed E-state index contributed by atoms with van der Waals surface area (Å²) in [5.41, 5.74) is 3.80. The molecule has 0 aliphatic carbocycles. The summed E-state index contributed by atoms with van der Waals surface area (Å²) >= 11 is 0. The molecular formula is C39H42FN7O4. The maximum Gasteiger partial charge on any atom is 0.329 e. The van der Waals surface area contributed by atoms with Crippen LogP contribution in [0.15, 0.2) is 65.6 Å². The number of para-hydroxylation sites is 1. The molecule has 8 rings (SSSR count). The number of imidazole rings is 1. The average Bonchev–Trinajstić information content (AvgIpc) is 3.70. The number of imide groups is 1. The van der Waals surface area contributed by atoms with Gasteiger partial charge in [-0.1, -0.05) is 18.2 Å². The van der Waals surface area contributed by atoms with Crippen LogP contribution >= 0.6 is 0 Å². The van der Waals surface area contributed by atoms with E-state index in [4.69, 9.17) is 4.98 Å². The first kappa shape index (κ1) is 32.9. The summed E-state index contributed by atoms with van der Waals surface area (Å²) in [7, 11) is 1.70. The second kappa shape index (κ2) is 13.5. The Bertz CT molecular complexity index is 2190. The zero-order valence-electron chi connectivity index (χ0n) is 28.7. The Morgan fingerprint density at radius 2 is 1.71 bits per heavy atom. The number of hydrogen-bond acceptors (Lipinski definition) is 6. The molecule has 2 N–H and O–H groups in total. The van der Waals surface area contributed by atoms with E-state index in [9.17, 15) is 23.6 Å². The Kier molecular flexibility index (Phi) is 8.69. The fourth-order valence-electron chi connectivity index (χ4n) is 8.33. The molecular weight excluding hydrogens is 649 g/mol. The van der Waals surface area contributed by atoms with Crippen LogP contribution in [0.1, 0.15) is 67.9 Å². The normalized spacial score (nSPS) is 20.4. The largest absolute Gasteiger partial charge is 0.357 e. The van der Waals surface area contributed by atoms with Crippen molar-refractivity contribution in [1.29, 1.82) is 0 Å². The summed E-state index contributed by atoms with van der Waals surface area (Å²) in [6.07, 6.45) is 8.97. The number of likely N-dealkylation sites (tertiary alicyclic amines) is 1. The van der Waals surface area contributed by atoms with Crippen molar-refractivity contribution >= 4 is 45.5 Å². The molecule has 5 aromatic rings. The van der Waals surface area contributed by atoms with Crippen molar-refractivity contribution in [2.24, 2.45) is 18.9 Å². The number of nitrogens with one attached hydrogen (secondary N) is 2. The lowest BCUT2D eigenvalue weighted by molar-refractivity contribution is -0.135. The molecule has 12 heteroatoms. The van der Waals surface area contributed by atoms with Gasteiger partial charge >= 0.3 is 5.69 Å². The number of H-pyrrole nitrogens is 1. The summed E-state index contributed by atoms with van der Waals surface area (Å²) in [5, 5.41) is 3.07. The van der Waals surface area contributed by atoms with E-state index in [1.807, 2.05) is 35.4 Å². The van der Waals surface area contributed by atoms with Crippen LogP contribution in [0.25, 0.3) is 33.1 Å². The second-order valence-electron chi connectivity index (χ2n) is 14.4. The van der Waals surface area contributed by atoms with Crippen LogP contribution in [0.5, 0.6) is 0 Å². The van der Waals surface area contributed by atoms with Crippen molar-refractivity contribution in [2.45, 2.75) is 57.4 Å². The van der Waals surface area contributed by atoms with Crippen LogP contribution in [0.2, 0.25) is 0 Å². The molecule has 264 valence electrons. The Balaban J connectivity index is 0.853. The van der Waals surface area contributed by atoms with Crippen LogP contribution in [0.3, 0.4) is 0 Å². The van der Waals surface area contributed by atoms with Gasteiger partial charge in [-0.25, -0.2) is 14.2 Å². The number of pyridine rings is 1. The molecule has 0 saturated carbocycles. The van der Waals surface area contributed by atoms with Gasteiger partial charge in [-0.15, -0.1) is 0 Å². The first-order valence-corrected chi connectivity index (χ1v) is 18.1. The molecule has 3 aliphatic heterocycles. The molecule has 3 fully saturated rings. The number of nitrogens with zero attached hydrogens (tertiary/aromatic N) is 5. The number of benzene rings is 2. The highest BCUT2D eigenvalue weighted by Crippen LogP contribution is 2.32. The molecule has 6 heterocycles. The summed E-state index contributed by atoms with van der Waals surface area (Å²) in [5.74, 6) is 0.939. The van der Waals surface area contributed by atoms with Crippen molar-refractivity contribution < 1.29 is 18.8 Å². The monoisotopic (exact) mass is 691 g/mol. The van der Waals surface area contributed by atoms with Crippen LogP contribution in [-0.2, 0) is 16.6 Å². The van der Waals surface area contributed by atoms with Gasteiger partial charge in [0.1, 0.15) is 23.4 Å². The first-order chi connectivity index (χ1) is 24.7. The molecule has 2 aromatic carbocycles. The van der Waals surface area contributed by atoms with Gasteiger partial charge in [0.15, 0.2) is 0 Å². The summed E-state index contributed by atoms with van der Waals surface area (Å²) in [6, 6.07) is 15.8. The van der Waals surface area contributed by atoms with Gasteiger partial charge in [0.25, 0.3) is 5.91 Å². The number of carbonyl (C=O) groups is 3. The highest BCUT2D eigenvalue weighted by atomic mass is 19.1. The SMILES string of the molecule is Cn1c(=O)n(C2CCC(=O)NC2=O)c2ccc(-c3ccc(N4CCC(CCC5CCCN(C(=O)c6cc7cccc(F)c7[nH]6)C5)CC4)nc3)cc21. The summed E-state index contributed by atoms with van der Waals surface area (Å²) in [6.45, 7) is 3.39. The third kappa shape index (κ3) is 6.32. The molecule has 11 nitrogen and oxygen atoms in total. The molecule has 3 saturated heterocycles. The fraction of sp³-hybridized carbons (Fsp3) is 0.410. The molecule has 3 aliphatic rings. The van der Waals surface area contributed by atoms with Crippen LogP contribution < -0.4 is 15.9 Å². The number of amides is 3. The lowest BCUT2D eigenvalue weighted by Crippen LogP contribution is -2.44. The molecule has 2 unspecified atom stereocenters. The first-order valence-electron chi connectivity index (χ1n) is 18.1. The van der Waals surface area contributed by atoms with E-state index >= 15 is 0 Å². The number of halogens is 1. The van der Waals surface area contributed by atoms with E-state index in [2.05, 4.69) is 27.3 Å². The number of piperidine rings is 3. The number of anilines is 1. The second-order valence-corrected chi connectivity index (χ2v) is 14.4. The van der Waals surface area contributed by atoms with E-state index < -0.39 is 11.9 Å². The molecule has 3 amide bonds. The number of rotatable bonds is 7. The van der Waals surface area contributed by atoms with Gasteiger partial charge < -0.3 is 14.8 Å². The summed E-state index contributed by atoms with van der Waals surface area (Å²) < 4.78 is 17.2. The number of aryl methyl sites for hydroxylation is 1. The molecule has 0 radical (unpaired) electrons. The van der Waals surface area contributed by atoms with Crippen LogP contribution in [0, 0.1) is 17.7 Å². The van der Waals surface area contributed by atoms with Crippen molar-refractivity contribution in [3.63, 3.8) is 0 Å². The molecule has 51 heavy (non-hydrogen) atoms. The molecule has 0 spiro atoms. The Morgan fingerprint density at radius 1 is 0.902 bits per heavy atom. The molecule has 3 aromatic heterocycles. The van der Waals surface area contributed by atoms with Crippen molar-refractivity contribution in [1.82, 2.24) is 29.3 Å². The van der Waals surface area contributed by atoms with Gasteiger partial charge in [-0.2, -0.15) is 0 Å². The average molecular weight is 692 g/mol. The van der Waals surface area contributed by atoms with Crippen LogP contribution in [0.4, 0.5) is 10.2 Å². The maximum atomic E-state index is 14.2. The van der Waals surface area contributed by atoms with Gasteiger partial charge in [0.05, 0.1) is 16.6 Å². The standard InChI is InChI=1S/C39H42FN7O4/c1-44-33-21-26(9-11-31(33)47(39(44)51)32-12-14-35(48)43-37(32)49)28-10-13-34(41-22-28)45-18-15-24(16-19-45)7-8-25-4-3-17-46(23-25)38(50)30-20-27-5-2-6-29(40)36(27)42-30/h2,5-6,9-11,13,20-22,24-25,32,42H,3-4,7-8,12,14-19,23H2,1H3,(H,43,48,49). The smallest absolute Gasteiger partial charge is 0.329 e. The third-order valence-electron chi connectivity index (χ3n) is 11.3. The summed E-state index contributed by atoms with van der Waals surface area (Å²) in [4.78, 5) is 62.8. The van der Waals surface area contributed by atoms with Crippen molar-refractivity contribution in [3.8, 4) is 11.1 Å². The number of aromatic nitrogens is 4. The molecule has 2 atom stereocenters. The number of carbonyl (C=O) groups excluding carboxylic acids is 3. The van der Waals surface area contributed by atoms with E-state index in [0.717, 1.165) is 87.0 Å². The zero-order chi connectivity index (χ0) is 35.2. The van der Waals surface area contributed by atoms with E-state index in [1.54, 1.807) is 23.7 Å². The zero-order valence-corrected chi connectivity index (χ0v) is 28.7. The quantitative estimate of drug-likeness (QED) is 0.216. The highest BCUT2D eigenvalue weighted by molar-refractivity contribution is 6.00. The van der Waals surface area contributed by atoms with Crippen LogP contribution in [-0.4, -0.2) is 67.9 Å².